The summed E-state index contributed by atoms with van der Waals surface area (Å²) in [5.74, 6) is 0.842. The van der Waals surface area contributed by atoms with Crippen LogP contribution < -0.4 is 5.73 Å². The number of halogens is 1. The molecule has 0 spiro atoms. The van der Waals surface area contributed by atoms with Gasteiger partial charge >= 0.3 is 0 Å². The molecule has 2 aliphatic heterocycles. The summed E-state index contributed by atoms with van der Waals surface area (Å²) in [7, 11) is 0. The van der Waals surface area contributed by atoms with Crippen molar-refractivity contribution in [2.24, 2.45) is 0 Å². The monoisotopic (exact) mass is 318 g/mol. The fourth-order valence-electron chi connectivity index (χ4n) is 2.96. The van der Waals surface area contributed by atoms with Gasteiger partial charge in [-0.3, -0.25) is 4.90 Å². The van der Waals surface area contributed by atoms with Crippen molar-refractivity contribution >= 4 is 28.4 Å². The smallest absolute Gasteiger partial charge is 0.135 e. The summed E-state index contributed by atoms with van der Waals surface area (Å²) in [5, 5.41) is 4.42. The van der Waals surface area contributed by atoms with Gasteiger partial charge in [0.2, 0.25) is 0 Å². The van der Waals surface area contributed by atoms with Crippen LogP contribution in [0, 0.1) is 3.57 Å². The first-order valence-corrected chi connectivity index (χ1v) is 6.58. The number of aromatic nitrogens is 2. The molecule has 1 aromatic rings. The van der Waals surface area contributed by atoms with Gasteiger partial charge in [-0.2, -0.15) is 5.10 Å². The topological polar surface area (TPSA) is 47.1 Å². The standard InChI is InChI=1S/C10H15IN4/c11-7-6-13-15(10(7)12)9-3-5-14-4-1-2-8(9)14/h6,8-9H,1-5,12H2. The Labute approximate surface area is 103 Å². The van der Waals surface area contributed by atoms with Crippen LogP contribution in [0.5, 0.6) is 0 Å². The fraction of sp³-hybridized carbons (Fsp3) is 0.700. The highest BCUT2D eigenvalue weighted by Crippen LogP contribution is 2.37. The van der Waals surface area contributed by atoms with Gasteiger partial charge < -0.3 is 5.73 Å². The van der Waals surface area contributed by atoms with Crippen LogP contribution in [0.2, 0.25) is 0 Å². The van der Waals surface area contributed by atoms with E-state index in [2.05, 4.69) is 32.6 Å². The Morgan fingerprint density at radius 1 is 1.33 bits per heavy atom. The van der Waals surface area contributed by atoms with Gasteiger partial charge in [0, 0.05) is 12.6 Å². The second kappa shape index (κ2) is 3.62. The Morgan fingerprint density at radius 3 is 2.93 bits per heavy atom. The van der Waals surface area contributed by atoms with Crippen LogP contribution in [0.15, 0.2) is 6.20 Å². The highest BCUT2D eigenvalue weighted by molar-refractivity contribution is 14.1. The lowest BCUT2D eigenvalue weighted by Gasteiger charge is -2.21. The zero-order valence-electron chi connectivity index (χ0n) is 8.56. The van der Waals surface area contributed by atoms with E-state index in [1.807, 2.05) is 10.9 Å². The van der Waals surface area contributed by atoms with Gasteiger partial charge in [-0.25, -0.2) is 4.68 Å². The number of hydrogen-bond acceptors (Lipinski definition) is 3. The maximum absolute atomic E-state index is 6.04. The molecular weight excluding hydrogens is 303 g/mol. The van der Waals surface area contributed by atoms with Crippen molar-refractivity contribution in [3.8, 4) is 0 Å². The largest absolute Gasteiger partial charge is 0.383 e. The first kappa shape index (κ1) is 9.89. The van der Waals surface area contributed by atoms with Crippen LogP contribution in [0.1, 0.15) is 25.3 Å². The molecule has 2 aliphatic rings. The SMILES string of the molecule is Nc1c(I)cnn1C1CCN2CCCC12. The Morgan fingerprint density at radius 2 is 2.20 bits per heavy atom. The van der Waals surface area contributed by atoms with Gasteiger partial charge in [-0.05, 0) is 48.4 Å². The first-order chi connectivity index (χ1) is 7.27. The molecule has 3 heterocycles. The zero-order valence-corrected chi connectivity index (χ0v) is 10.7. The molecule has 2 fully saturated rings. The molecule has 0 amide bonds. The van der Waals surface area contributed by atoms with Gasteiger partial charge in [0.15, 0.2) is 0 Å². The van der Waals surface area contributed by atoms with E-state index in [4.69, 9.17) is 5.73 Å². The second-order valence-corrected chi connectivity index (χ2v) is 5.59. The van der Waals surface area contributed by atoms with Crippen molar-refractivity contribution in [2.75, 3.05) is 18.8 Å². The average Bonchev–Trinajstić information content (AvgIpc) is 2.85. The number of nitrogen functional groups attached to an aromatic ring is 1. The van der Waals surface area contributed by atoms with Crippen molar-refractivity contribution in [3.63, 3.8) is 0 Å². The van der Waals surface area contributed by atoms with Gasteiger partial charge in [-0.15, -0.1) is 0 Å². The Balaban J connectivity index is 1.91. The van der Waals surface area contributed by atoms with Crippen LogP contribution in [0.4, 0.5) is 5.82 Å². The van der Waals surface area contributed by atoms with E-state index in [1.165, 1.54) is 32.4 Å². The summed E-state index contributed by atoms with van der Waals surface area (Å²) >= 11 is 2.25. The van der Waals surface area contributed by atoms with Crippen LogP contribution in [0.3, 0.4) is 0 Å². The quantitative estimate of drug-likeness (QED) is 0.798. The van der Waals surface area contributed by atoms with E-state index in [0.717, 1.165) is 9.39 Å². The second-order valence-electron chi connectivity index (χ2n) is 4.42. The van der Waals surface area contributed by atoms with E-state index in [0.29, 0.717) is 12.1 Å². The van der Waals surface area contributed by atoms with Crippen LogP contribution >= 0.6 is 22.6 Å². The normalized spacial score (nSPS) is 31.0. The molecule has 0 bridgehead atoms. The zero-order chi connectivity index (χ0) is 10.4. The molecule has 0 radical (unpaired) electrons. The molecule has 2 atom stereocenters. The van der Waals surface area contributed by atoms with Crippen molar-refractivity contribution in [1.82, 2.24) is 14.7 Å². The number of nitrogens with two attached hydrogens (primary N) is 1. The minimum absolute atomic E-state index is 0.510. The summed E-state index contributed by atoms with van der Waals surface area (Å²) in [5.41, 5.74) is 6.04. The highest BCUT2D eigenvalue weighted by atomic mass is 127. The first-order valence-electron chi connectivity index (χ1n) is 5.50. The maximum Gasteiger partial charge on any atom is 0.135 e. The molecule has 3 rings (SSSR count). The summed E-state index contributed by atoms with van der Waals surface area (Å²) in [6.07, 6.45) is 5.71. The van der Waals surface area contributed by atoms with Crippen LogP contribution in [-0.2, 0) is 0 Å². The number of hydrogen-bond donors (Lipinski definition) is 1. The molecule has 4 nitrogen and oxygen atoms in total. The third kappa shape index (κ3) is 1.47. The summed E-state index contributed by atoms with van der Waals surface area (Å²) in [4.78, 5) is 2.58. The lowest BCUT2D eigenvalue weighted by Crippen LogP contribution is -2.28. The molecule has 0 saturated carbocycles. The molecule has 5 heteroatoms. The fourth-order valence-corrected chi connectivity index (χ4v) is 3.33. The number of rotatable bonds is 1. The van der Waals surface area contributed by atoms with Gasteiger partial charge in [0.25, 0.3) is 0 Å². The number of anilines is 1. The predicted molar refractivity (Wildman–Crippen MR) is 67.6 cm³/mol. The molecule has 2 N–H and O–H groups in total. The Bertz CT molecular complexity index is 375. The molecule has 0 aromatic carbocycles. The van der Waals surface area contributed by atoms with E-state index in [-0.39, 0.29) is 0 Å². The average molecular weight is 318 g/mol. The predicted octanol–water partition coefficient (Wildman–Crippen LogP) is 1.48. The van der Waals surface area contributed by atoms with Crippen molar-refractivity contribution < 1.29 is 0 Å². The molecule has 82 valence electrons. The summed E-state index contributed by atoms with van der Waals surface area (Å²) in [6.45, 7) is 2.48. The van der Waals surface area contributed by atoms with E-state index in [1.54, 1.807) is 0 Å². The minimum atomic E-state index is 0.510. The van der Waals surface area contributed by atoms with Crippen molar-refractivity contribution in [3.05, 3.63) is 9.77 Å². The molecular formula is C10H15IN4. The Hall–Kier alpha value is -0.300. The van der Waals surface area contributed by atoms with Crippen LogP contribution in [0.25, 0.3) is 0 Å². The third-order valence-electron chi connectivity index (χ3n) is 3.67. The van der Waals surface area contributed by atoms with E-state index < -0.39 is 0 Å². The van der Waals surface area contributed by atoms with Crippen molar-refractivity contribution in [1.29, 1.82) is 0 Å². The summed E-state index contributed by atoms with van der Waals surface area (Å²) in [6, 6.07) is 1.19. The van der Waals surface area contributed by atoms with Crippen LogP contribution in [-0.4, -0.2) is 33.8 Å². The molecule has 2 saturated heterocycles. The van der Waals surface area contributed by atoms with Gasteiger partial charge in [-0.1, -0.05) is 0 Å². The Kier molecular flexibility index (Phi) is 2.39. The number of nitrogens with zero attached hydrogens (tertiary/aromatic N) is 3. The van der Waals surface area contributed by atoms with Gasteiger partial charge in [0.05, 0.1) is 15.8 Å². The molecule has 1 aromatic heterocycles. The van der Waals surface area contributed by atoms with Crippen molar-refractivity contribution in [2.45, 2.75) is 31.3 Å². The third-order valence-corrected chi connectivity index (χ3v) is 4.50. The lowest BCUT2D eigenvalue weighted by molar-refractivity contribution is 0.283. The molecule has 0 aliphatic carbocycles. The number of fused-ring (bicyclic) bond motifs is 1. The van der Waals surface area contributed by atoms with E-state index in [9.17, 15) is 0 Å². The molecule has 2 unspecified atom stereocenters. The maximum atomic E-state index is 6.04. The summed E-state index contributed by atoms with van der Waals surface area (Å²) < 4.78 is 3.11. The minimum Gasteiger partial charge on any atom is -0.383 e. The lowest BCUT2D eigenvalue weighted by atomic mass is 10.1. The highest BCUT2D eigenvalue weighted by Gasteiger charge is 2.39. The van der Waals surface area contributed by atoms with Gasteiger partial charge in [0.1, 0.15) is 5.82 Å². The van der Waals surface area contributed by atoms with E-state index >= 15 is 0 Å². The molecule has 15 heavy (non-hydrogen) atoms.